The van der Waals surface area contributed by atoms with Gasteiger partial charge >= 0.3 is 0 Å². The molecule has 8 heteroatoms. The predicted molar refractivity (Wildman–Crippen MR) is 99.6 cm³/mol. The minimum absolute atomic E-state index is 0.00108. The quantitative estimate of drug-likeness (QED) is 0.647. The molecule has 2 heterocycles. The molecule has 0 spiro atoms. The molecule has 1 atom stereocenters. The Balaban J connectivity index is 1.42. The van der Waals surface area contributed by atoms with Crippen LogP contribution in [0, 0.1) is 5.82 Å². The van der Waals surface area contributed by atoms with E-state index < -0.39 is 11.9 Å². The van der Waals surface area contributed by atoms with Crippen LogP contribution in [0.5, 0.6) is 5.75 Å². The number of hydrogen-bond donors (Lipinski definition) is 3. The molecule has 7 nitrogen and oxygen atoms in total. The highest BCUT2D eigenvalue weighted by atomic mass is 19.1. The maximum absolute atomic E-state index is 13.8. The van der Waals surface area contributed by atoms with Gasteiger partial charge in [-0.15, -0.1) is 0 Å². The Morgan fingerprint density at radius 3 is 2.86 bits per heavy atom. The zero-order valence-electron chi connectivity index (χ0n) is 14.7. The van der Waals surface area contributed by atoms with Crippen molar-refractivity contribution in [2.75, 3.05) is 11.9 Å². The first-order chi connectivity index (χ1) is 13.6. The summed E-state index contributed by atoms with van der Waals surface area (Å²) in [6.45, 7) is 0.00108. The molecule has 28 heavy (non-hydrogen) atoms. The van der Waals surface area contributed by atoms with Gasteiger partial charge in [0.15, 0.2) is 0 Å². The van der Waals surface area contributed by atoms with Crippen molar-refractivity contribution in [2.45, 2.75) is 12.5 Å². The van der Waals surface area contributed by atoms with Crippen LogP contribution in [0.1, 0.15) is 21.7 Å². The number of benzene rings is 2. The number of nitrogens with zero attached hydrogens (tertiary/aromatic N) is 1. The first-order valence-corrected chi connectivity index (χ1v) is 8.71. The Kier molecular flexibility index (Phi) is 4.76. The molecule has 0 fully saturated rings. The van der Waals surface area contributed by atoms with E-state index in [1.807, 2.05) is 0 Å². The molecule has 1 aliphatic rings. The number of carbonyl (C=O) groups is 2. The lowest BCUT2D eigenvalue weighted by Crippen LogP contribution is -2.46. The number of H-pyrrole nitrogens is 1. The largest absolute Gasteiger partial charge is 0.489 e. The molecule has 0 radical (unpaired) electrons. The van der Waals surface area contributed by atoms with Gasteiger partial charge in [0.25, 0.3) is 11.8 Å². The van der Waals surface area contributed by atoms with E-state index in [9.17, 15) is 14.0 Å². The summed E-state index contributed by atoms with van der Waals surface area (Å²) in [5.41, 5.74) is 1.74. The van der Waals surface area contributed by atoms with E-state index in [-0.39, 0.29) is 30.4 Å². The van der Waals surface area contributed by atoms with Crippen molar-refractivity contribution >= 4 is 17.5 Å². The number of para-hydroxylation sites is 2. The van der Waals surface area contributed by atoms with E-state index in [1.165, 1.54) is 12.1 Å². The van der Waals surface area contributed by atoms with Crippen LogP contribution in [0.25, 0.3) is 0 Å². The maximum atomic E-state index is 13.8. The summed E-state index contributed by atoms with van der Waals surface area (Å²) in [4.78, 5) is 24.8. The van der Waals surface area contributed by atoms with Crippen molar-refractivity contribution in [3.63, 3.8) is 0 Å². The van der Waals surface area contributed by atoms with Gasteiger partial charge in [-0.25, -0.2) is 4.39 Å². The molecule has 1 unspecified atom stereocenters. The van der Waals surface area contributed by atoms with E-state index in [1.54, 1.807) is 42.5 Å². The number of aromatic amines is 1. The highest BCUT2D eigenvalue weighted by Gasteiger charge is 2.27. The number of amides is 2. The summed E-state index contributed by atoms with van der Waals surface area (Å²) < 4.78 is 19.4. The molecule has 1 aliphatic heterocycles. The number of carbonyl (C=O) groups excluding carboxylic acids is 2. The number of anilines is 1. The number of aromatic nitrogens is 2. The van der Waals surface area contributed by atoms with E-state index in [2.05, 4.69) is 20.8 Å². The number of halogens is 1. The van der Waals surface area contributed by atoms with E-state index in [4.69, 9.17) is 4.74 Å². The molecule has 4 rings (SSSR count). The Labute approximate surface area is 159 Å². The van der Waals surface area contributed by atoms with Crippen LogP contribution in [0.4, 0.5) is 10.1 Å². The van der Waals surface area contributed by atoms with Gasteiger partial charge in [-0.1, -0.05) is 30.3 Å². The lowest BCUT2D eigenvalue weighted by molar-refractivity contribution is -0.118. The Morgan fingerprint density at radius 2 is 2.00 bits per heavy atom. The predicted octanol–water partition coefficient (Wildman–Crippen LogP) is 2.27. The highest BCUT2D eigenvalue weighted by Crippen LogP contribution is 2.26. The lowest BCUT2D eigenvalue weighted by atomic mass is 10.1. The van der Waals surface area contributed by atoms with Gasteiger partial charge < -0.3 is 15.4 Å². The summed E-state index contributed by atoms with van der Waals surface area (Å²) in [7, 11) is 0. The summed E-state index contributed by atoms with van der Waals surface area (Å²) in [5, 5.41) is 12.0. The lowest BCUT2D eigenvalue weighted by Gasteiger charge is -2.13. The van der Waals surface area contributed by atoms with Crippen molar-refractivity contribution in [3.8, 4) is 5.75 Å². The molecule has 0 saturated carbocycles. The van der Waals surface area contributed by atoms with Crippen molar-refractivity contribution in [2.24, 2.45) is 0 Å². The second kappa shape index (κ2) is 7.51. The molecule has 2 amide bonds. The van der Waals surface area contributed by atoms with Gasteiger partial charge in [-0.2, -0.15) is 5.10 Å². The monoisotopic (exact) mass is 380 g/mol. The van der Waals surface area contributed by atoms with Gasteiger partial charge in [-0.05, 0) is 29.8 Å². The fraction of sp³-hybridized carbons (Fsp3) is 0.150. The zero-order chi connectivity index (χ0) is 19.5. The summed E-state index contributed by atoms with van der Waals surface area (Å²) >= 11 is 0. The second-order valence-corrected chi connectivity index (χ2v) is 6.37. The first-order valence-electron chi connectivity index (χ1n) is 8.71. The Bertz CT molecular complexity index is 1030. The third-order valence-electron chi connectivity index (χ3n) is 4.37. The van der Waals surface area contributed by atoms with Crippen LogP contribution in [0.15, 0.2) is 54.6 Å². The smallest absolute Gasteiger partial charge is 0.272 e. The molecule has 1 aromatic heterocycles. The average Bonchev–Trinajstić information content (AvgIpc) is 3.10. The van der Waals surface area contributed by atoms with Crippen LogP contribution in [0.3, 0.4) is 0 Å². The van der Waals surface area contributed by atoms with Gasteiger partial charge in [0.2, 0.25) is 0 Å². The van der Waals surface area contributed by atoms with E-state index in [0.717, 1.165) is 0 Å². The molecule has 142 valence electrons. The average molecular weight is 380 g/mol. The van der Waals surface area contributed by atoms with E-state index in [0.29, 0.717) is 22.7 Å². The minimum atomic E-state index is -0.869. The third-order valence-corrected chi connectivity index (χ3v) is 4.37. The number of ether oxygens (including phenoxy) is 1. The summed E-state index contributed by atoms with van der Waals surface area (Å²) in [6.07, 6.45) is 0.273. The molecule has 3 aromatic rings. The summed E-state index contributed by atoms with van der Waals surface area (Å²) in [6, 6.07) is 14.1. The maximum Gasteiger partial charge on any atom is 0.272 e. The second-order valence-electron chi connectivity index (χ2n) is 6.37. The van der Waals surface area contributed by atoms with E-state index >= 15 is 0 Å². The van der Waals surface area contributed by atoms with Crippen molar-refractivity contribution < 1.29 is 18.7 Å². The topological polar surface area (TPSA) is 96.1 Å². The van der Waals surface area contributed by atoms with Crippen molar-refractivity contribution in [3.05, 3.63) is 77.4 Å². The van der Waals surface area contributed by atoms with Gasteiger partial charge in [0, 0.05) is 12.1 Å². The Hall–Kier alpha value is -3.68. The Morgan fingerprint density at radius 1 is 1.21 bits per heavy atom. The van der Waals surface area contributed by atoms with Crippen LogP contribution in [-0.4, -0.2) is 34.7 Å². The van der Waals surface area contributed by atoms with Crippen LogP contribution >= 0.6 is 0 Å². The van der Waals surface area contributed by atoms with Gasteiger partial charge in [0.1, 0.15) is 29.9 Å². The molecule has 0 aliphatic carbocycles. The first kappa shape index (κ1) is 17.7. The zero-order valence-corrected chi connectivity index (χ0v) is 14.7. The minimum Gasteiger partial charge on any atom is -0.489 e. The van der Waals surface area contributed by atoms with Crippen molar-refractivity contribution in [1.29, 1.82) is 0 Å². The van der Waals surface area contributed by atoms with Gasteiger partial charge in [-0.3, -0.25) is 14.7 Å². The van der Waals surface area contributed by atoms with Crippen LogP contribution < -0.4 is 15.4 Å². The molecule has 0 bridgehead atoms. The number of hydrogen-bond acceptors (Lipinski definition) is 4. The van der Waals surface area contributed by atoms with Crippen LogP contribution in [-0.2, 0) is 11.2 Å². The number of rotatable bonds is 4. The normalized spacial score (nSPS) is 15.8. The number of fused-ring (bicyclic) bond motifs is 1. The SMILES string of the molecule is O=C(NC1COc2ccccc2NC1=O)c1cc(Cc2ccccc2F)[nH]n1. The van der Waals surface area contributed by atoms with Crippen LogP contribution in [0.2, 0.25) is 0 Å². The third kappa shape index (κ3) is 3.71. The summed E-state index contributed by atoms with van der Waals surface area (Å²) in [5.74, 6) is -0.680. The fourth-order valence-electron chi connectivity index (χ4n) is 2.92. The molecule has 3 N–H and O–H groups in total. The highest BCUT2D eigenvalue weighted by molar-refractivity contribution is 6.01. The molecule has 2 aromatic carbocycles. The van der Waals surface area contributed by atoms with Gasteiger partial charge in [0.05, 0.1) is 5.69 Å². The molecule has 0 saturated heterocycles. The van der Waals surface area contributed by atoms with Crippen molar-refractivity contribution in [1.82, 2.24) is 15.5 Å². The molecular formula is C20H17FN4O3. The fourth-order valence-corrected chi connectivity index (χ4v) is 2.92. The molecular weight excluding hydrogens is 363 g/mol. The standard InChI is InChI=1S/C20H17FN4O3/c21-14-6-2-1-5-12(14)9-13-10-16(25-24-13)19(26)23-17-11-28-18-8-4-3-7-15(18)22-20(17)27/h1-8,10,17H,9,11H2,(H,22,27)(H,23,26)(H,24,25). The number of nitrogens with one attached hydrogen (secondary N) is 3.